The minimum Gasteiger partial charge on any atom is -0.507 e. The van der Waals surface area contributed by atoms with Crippen LogP contribution in [0.15, 0.2) is 89.2 Å². The van der Waals surface area contributed by atoms with Gasteiger partial charge in [-0.2, -0.15) is 0 Å². The molecule has 1 amide bonds. The van der Waals surface area contributed by atoms with Gasteiger partial charge in [0.25, 0.3) is 17.2 Å². The number of benzene rings is 3. The topological polar surface area (TPSA) is 93.8 Å². The van der Waals surface area contributed by atoms with Crippen molar-refractivity contribution >= 4 is 34.7 Å². The number of para-hydroxylation sites is 1. The molecule has 1 aliphatic heterocycles. The molecule has 5 rings (SSSR count). The van der Waals surface area contributed by atoms with Gasteiger partial charge in [0.15, 0.2) is 0 Å². The predicted octanol–water partition coefficient (Wildman–Crippen LogP) is 4.77. The molecule has 0 radical (unpaired) electrons. The number of ketones is 1. The number of ether oxygens (including phenoxy) is 1. The largest absolute Gasteiger partial charge is 0.507 e. The quantitative estimate of drug-likeness (QED) is 0.228. The van der Waals surface area contributed by atoms with E-state index in [4.69, 9.17) is 16.3 Å². The number of halogens is 1. The van der Waals surface area contributed by atoms with Crippen molar-refractivity contribution in [3.05, 3.63) is 117 Å². The Bertz CT molecular complexity index is 1630. The summed E-state index contributed by atoms with van der Waals surface area (Å²) in [4.78, 5) is 42.1. The molecule has 1 fully saturated rings. The van der Waals surface area contributed by atoms with Gasteiger partial charge in [0, 0.05) is 17.6 Å². The Morgan fingerprint density at radius 2 is 1.55 bits per heavy atom. The fourth-order valence-electron chi connectivity index (χ4n) is 4.76. The van der Waals surface area contributed by atoms with Gasteiger partial charge in [-0.15, -0.1) is 0 Å². The second-order valence-corrected chi connectivity index (χ2v) is 9.30. The number of anilines is 1. The number of hydrogen-bond acceptors (Lipinski definition) is 5. The van der Waals surface area contributed by atoms with Crippen LogP contribution in [-0.4, -0.2) is 33.3 Å². The zero-order chi connectivity index (χ0) is 27.1. The van der Waals surface area contributed by atoms with Gasteiger partial charge in [0.1, 0.15) is 17.2 Å². The van der Waals surface area contributed by atoms with Gasteiger partial charge < -0.3 is 9.84 Å². The number of methoxy groups -OCH3 is 1. The average Bonchev–Trinajstić information content (AvgIpc) is 3.31. The van der Waals surface area contributed by atoms with E-state index in [-0.39, 0.29) is 17.0 Å². The van der Waals surface area contributed by atoms with E-state index in [9.17, 15) is 19.5 Å². The summed E-state index contributed by atoms with van der Waals surface area (Å²) in [5.41, 5.74) is 1.37. The van der Waals surface area contributed by atoms with Crippen molar-refractivity contribution in [3.8, 4) is 11.4 Å². The SMILES string of the molecule is COc1ccc(C2/C(=C(/O)c3ccc(Cl)cc3)C(=O)C(=O)N2c2c(C)n(C)n(-c3ccccc3)c2=O)cc1. The van der Waals surface area contributed by atoms with Crippen molar-refractivity contribution < 1.29 is 19.4 Å². The molecule has 192 valence electrons. The molecule has 1 atom stereocenters. The number of rotatable bonds is 5. The molecule has 1 unspecified atom stereocenters. The van der Waals surface area contributed by atoms with Crippen molar-refractivity contribution in [1.82, 2.24) is 9.36 Å². The highest BCUT2D eigenvalue weighted by Crippen LogP contribution is 2.42. The Morgan fingerprint density at radius 1 is 0.921 bits per heavy atom. The Hall–Kier alpha value is -4.56. The minimum absolute atomic E-state index is 0.0504. The Balaban J connectivity index is 1.77. The number of aliphatic hydroxyl groups excluding tert-OH is 1. The third kappa shape index (κ3) is 3.99. The van der Waals surface area contributed by atoms with Crippen molar-refractivity contribution in [2.24, 2.45) is 7.05 Å². The maximum Gasteiger partial charge on any atom is 0.300 e. The first-order valence-corrected chi connectivity index (χ1v) is 12.2. The molecule has 3 aromatic carbocycles. The summed E-state index contributed by atoms with van der Waals surface area (Å²) < 4.78 is 8.34. The number of nitrogens with zero attached hydrogens (tertiary/aromatic N) is 3. The first kappa shape index (κ1) is 25.1. The van der Waals surface area contributed by atoms with Crippen LogP contribution in [0.5, 0.6) is 5.75 Å². The molecule has 4 aromatic rings. The lowest BCUT2D eigenvalue weighted by Gasteiger charge is -2.24. The van der Waals surface area contributed by atoms with Crippen molar-refractivity contribution in [2.45, 2.75) is 13.0 Å². The van der Waals surface area contributed by atoms with E-state index in [0.717, 1.165) is 0 Å². The second-order valence-electron chi connectivity index (χ2n) is 8.86. The molecular weight excluding hydrogens is 506 g/mol. The van der Waals surface area contributed by atoms with E-state index in [1.54, 1.807) is 91.4 Å². The molecule has 8 nitrogen and oxygen atoms in total. The van der Waals surface area contributed by atoms with Crippen molar-refractivity contribution in [1.29, 1.82) is 0 Å². The highest BCUT2D eigenvalue weighted by atomic mass is 35.5. The molecule has 2 heterocycles. The second kappa shape index (κ2) is 9.72. The molecule has 1 N–H and O–H groups in total. The van der Waals surface area contributed by atoms with Gasteiger partial charge in [0.05, 0.1) is 30.1 Å². The van der Waals surface area contributed by atoms with E-state index in [1.807, 2.05) is 6.07 Å². The van der Waals surface area contributed by atoms with Gasteiger partial charge in [-0.3, -0.25) is 24.0 Å². The number of amides is 1. The Labute approximate surface area is 223 Å². The smallest absolute Gasteiger partial charge is 0.300 e. The van der Waals surface area contributed by atoms with Crippen LogP contribution >= 0.6 is 11.6 Å². The normalized spacial score (nSPS) is 16.7. The molecule has 0 bridgehead atoms. The van der Waals surface area contributed by atoms with Crippen LogP contribution in [0.4, 0.5) is 5.69 Å². The Morgan fingerprint density at radius 3 is 2.16 bits per heavy atom. The summed E-state index contributed by atoms with van der Waals surface area (Å²) in [6.45, 7) is 1.71. The zero-order valence-electron chi connectivity index (χ0n) is 20.9. The molecule has 0 aliphatic carbocycles. The van der Waals surface area contributed by atoms with Gasteiger partial charge >= 0.3 is 0 Å². The Kier molecular flexibility index (Phi) is 6.42. The maximum absolute atomic E-state index is 13.8. The highest BCUT2D eigenvalue weighted by Gasteiger charge is 2.49. The lowest BCUT2D eigenvalue weighted by Crippen LogP contribution is -2.34. The summed E-state index contributed by atoms with van der Waals surface area (Å²) in [7, 11) is 3.24. The average molecular weight is 530 g/mol. The molecular formula is C29H24ClN3O5. The number of carbonyl (C=O) groups is 2. The summed E-state index contributed by atoms with van der Waals surface area (Å²) in [5, 5.41) is 11.8. The first-order chi connectivity index (χ1) is 18.2. The third-order valence-electron chi connectivity index (χ3n) is 6.76. The number of aliphatic hydroxyl groups is 1. The van der Waals surface area contributed by atoms with Crippen LogP contribution < -0.4 is 15.2 Å². The highest BCUT2D eigenvalue weighted by molar-refractivity contribution is 6.51. The van der Waals surface area contributed by atoms with Crippen LogP contribution in [-0.2, 0) is 16.6 Å². The fourth-order valence-corrected chi connectivity index (χ4v) is 4.89. The summed E-state index contributed by atoms with van der Waals surface area (Å²) in [6.07, 6.45) is 0. The molecule has 0 saturated carbocycles. The molecule has 9 heteroatoms. The summed E-state index contributed by atoms with van der Waals surface area (Å²) in [5.74, 6) is -1.59. The summed E-state index contributed by atoms with van der Waals surface area (Å²) in [6, 6.07) is 21.0. The molecule has 1 aromatic heterocycles. The van der Waals surface area contributed by atoms with Gasteiger partial charge in [-0.05, 0) is 61.0 Å². The van der Waals surface area contributed by atoms with E-state index in [1.165, 1.54) is 16.7 Å². The summed E-state index contributed by atoms with van der Waals surface area (Å²) >= 11 is 6.01. The fraction of sp³-hybridized carbons (Fsp3) is 0.138. The standard InChI is InChI=1S/C29H24ClN3O5/c1-17-24(28(36)33(31(17)2)21-7-5-4-6-8-21)32-25(18-11-15-22(38-3)16-12-18)23(27(35)29(32)37)26(34)19-9-13-20(30)14-10-19/h4-16,25,34H,1-3H3/b26-23-. The number of hydrogen-bond donors (Lipinski definition) is 1. The number of aromatic nitrogens is 2. The molecule has 38 heavy (non-hydrogen) atoms. The zero-order valence-corrected chi connectivity index (χ0v) is 21.6. The lowest BCUT2D eigenvalue weighted by atomic mass is 9.95. The van der Waals surface area contributed by atoms with E-state index >= 15 is 0 Å². The van der Waals surface area contributed by atoms with Crippen LogP contribution in [0.3, 0.4) is 0 Å². The molecule has 1 saturated heterocycles. The van der Waals surface area contributed by atoms with Crippen molar-refractivity contribution in [2.75, 3.05) is 12.0 Å². The molecule has 1 aliphatic rings. The van der Waals surface area contributed by atoms with Crippen LogP contribution in [0.2, 0.25) is 5.02 Å². The van der Waals surface area contributed by atoms with E-state index in [0.29, 0.717) is 33.3 Å². The minimum atomic E-state index is -1.06. The van der Waals surface area contributed by atoms with Crippen LogP contribution in [0.25, 0.3) is 11.4 Å². The van der Waals surface area contributed by atoms with Crippen molar-refractivity contribution in [3.63, 3.8) is 0 Å². The number of Topliss-reactive ketones (excluding diaryl/α,β-unsaturated/α-hetero) is 1. The maximum atomic E-state index is 13.8. The number of carbonyl (C=O) groups excluding carboxylic acids is 2. The van der Waals surface area contributed by atoms with Gasteiger partial charge in [0.2, 0.25) is 0 Å². The van der Waals surface area contributed by atoms with E-state index < -0.39 is 23.3 Å². The third-order valence-corrected chi connectivity index (χ3v) is 7.01. The van der Waals surface area contributed by atoms with Gasteiger partial charge in [-0.25, -0.2) is 4.68 Å². The predicted molar refractivity (Wildman–Crippen MR) is 145 cm³/mol. The van der Waals surface area contributed by atoms with Crippen LogP contribution in [0.1, 0.15) is 22.9 Å². The lowest BCUT2D eigenvalue weighted by molar-refractivity contribution is -0.132. The monoisotopic (exact) mass is 529 g/mol. The molecule has 0 spiro atoms. The van der Waals surface area contributed by atoms with Crippen LogP contribution in [0, 0.1) is 6.92 Å². The van der Waals surface area contributed by atoms with E-state index in [2.05, 4.69) is 0 Å². The van der Waals surface area contributed by atoms with Gasteiger partial charge in [-0.1, -0.05) is 41.9 Å². The first-order valence-electron chi connectivity index (χ1n) is 11.8.